The maximum absolute atomic E-state index is 13.5. The number of carbonyl (C=O) groups is 1. The van der Waals surface area contributed by atoms with Gasteiger partial charge >= 0.3 is 0 Å². The average molecular weight is 533 g/mol. The summed E-state index contributed by atoms with van der Waals surface area (Å²) in [7, 11) is 0. The molecule has 4 aromatic carbocycles. The van der Waals surface area contributed by atoms with E-state index in [2.05, 4.69) is 92.1 Å². The lowest BCUT2D eigenvalue weighted by atomic mass is 9.87. The minimum absolute atomic E-state index is 0.0103. The Hall–Kier alpha value is -3.73. The van der Waals surface area contributed by atoms with Crippen LogP contribution in [0.1, 0.15) is 60.9 Å². The van der Waals surface area contributed by atoms with Crippen molar-refractivity contribution >= 4 is 5.91 Å². The van der Waals surface area contributed by atoms with E-state index in [4.69, 9.17) is 0 Å². The second kappa shape index (κ2) is 12.2. The highest BCUT2D eigenvalue weighted by Gasteiger charge is 2.31. The van der Waals surface area contributed by atoms with Gasteiger partial charge in [0.15, 0.2) is 0 Å². The number of aliphatic hydroxyl groups excluding tert-OH is 1. The van der Waals surface area contributed by atoms with Crippen LogP contribution in [0, 0.1) is 0 Å². The van der Waals surface area contributed by atoms with E-state index in [0.29, 0.717) is 25.9 Å². The van der Waals surface area contributed by atoms with E-state index in [1.54, 1.807) is 0 Å². The van der Waals surface area contributed by atoms with E-state index in [1.807, 2.05) is 42.5 Å². The first kappa shape index (κ1) is 27.8. The zero-order valence-corrected chi connectivity index (χ0v) is 23.7. The van der Waals surface area contributed by atoms with Gasteiger partial charge in [-0.15, -0.1) is 0 Å². The molecule has 0 saturated carbocycles. The van der Waals surface area contributed by atoms with Gasteiger partial charge in [-0.3, -0.25) is 4.79 Å². The molecule has 1 aliphatic rings. The normalized spacial score (nSPS) is 14.3. The van der Waals surface area contributed by atoms with Crippen LogP contribution >= 0.6 is 0 Å². The lowest BCUT2D eigenvalue weighted by molar-refractivity contribution is -0.122. The Labute approximate surface area is 238 Å². The minimum atomic E-state index is -0.735. The molecule has 0 fully saturated rings. The Bertz CT molecular complexity index is 1380. The van der Waals surface area contributed by atoms with Gasteiger partial charge in [0.2, 0.25) is 5.91 Å². The van der Waals surface area contributed by atoms with Gasteiger partial charge in [-0.2, -0.15) is 0 Å². The van der Waals surface area contributed by atoms with Crippen molar-refractivity contribution in [2.45, 2.75) is 63.6 Å². The SMILES string of the molecule is CC(C)(C)c1ccc(CNC[C@H](O)[C@H](Cc2ccccc2)NC(=O)CC2c3ccccc3-c3ccccc32)cc1. The van der Waals surface area contributed by atoms with Crippen LogP contribution in [-0.2, 0) is 23.2 Å². The summed E-state index contributed by atoms with van der Waals surface area (Å²) in [6, 6.07) is 35.0. The third-order valence-corrected chi connectivity index (χ3v) is 7.96. The fourth-order valence-corrected chi connectivity index (χ4v) is 5.71. The molecule has 3 N–H and O–H groups in total. The Morgan fingerprint density at radius 1 is 0.775 bits per heavy atom. The number of aliphatic hydroxyl groups is 1. The van der Waals surface area contributed by atoms with Gasteiger partial charge in [-0.25, -0.2) is 0 Å². The fourth-order valence-electron chi connectivity index (χ4n) is 5.71. The molecule has 40 heavy (non-hydrogen) atoms. The smallest absolute Gasteiger partial charge is 0.221 e. The van der Waals surface area contributed by atoms with Crippen LogP contribution in [0.3, 0.4) is 0 Å². The topological polar surface area (TPSA) is 61.4 Å². The van der Waals surface area contributed by atoms with E-state index >= 15 is 0 Å². The monoisotopic (exact) mass is 532 g/mol. The molecule has 0 radical (unpaired) electrons. The molecule has 0 unspecified atom stereocenters. The van der Waals surface area contributed by atoms with Crippen molar-refractivity contribution in [2.75, 3.05) is 6.54 Å². The van der Waals surface area contributed by atoms with E-state index in [0.717, 1.165) is 5.56 Å². The molecule has 4 heteroatoms. The molecule has 1 aliphatic carbocycles. The minimum Gasteiger partial charge on any atom is -0.390 e. The number of rotatable bonds is 10. The summed E-state index contributed by atoms with van der Waals surface area (Å²) in [6.45, 7) is 7.67. The van der Waals surface area contributed by atoms with Crippen LogP contribution in [0.25, 0.3) is 11.1 Å². The molecular formula is C36H40N2O2. The zero-order valence-electron chi connectivity index (χ0n) is 23.7. The zero-order chi connectivity index (χ0) is 28.1. The Morgan fingerprint density at radius 2 is 1.35 bits per heavy atom. The highest BCUT2D eigenvalue weighted by molar-refractivity contribution is 5.84. The number of fused-ring (bicyclic) bond motifs is 3. The van der Waals surface area contributed by atoms with Gasteiger partial charge in [-0.1, -0.05) is 124 Å². The predicted molar refractivity (Wildman–Crippen MR) is 163 cm³/mol. The standard InChI is InChI=1S/C36H40N2O2/c1-36(2,3)27-19-17-26(18-20-27)23-37-24-34(39)33(21-25-11-5-4-6-12-25)38-35(40)22-32-30-15-9-7-13-28(30)29-14-8-10-16-31(29)32/h4-20,32-34,37,39H,21-24H2,1-3H3,(H,38,40)/t33-,34-/m0/s1. The van der Waals surface area contributed by atoms with Crippen molar-refractivity contribution in [3.05, 3.63) is 131 Å². The third-order valence-electron chi connectivity index (χ3n) is 7.96. The summed E-state index contributed by atoms with van der Waals surface area (Å²) in [4.78, 5) is 13.5. The van der Waals surface area contributed by atoms with Gasteiger partial charge in [0, 0.05) is 25.4 Å². The summed E-state index contributed by atoms with van der Waals surface area (Å²) in [5.41, 5.74) is 8.47. The number of amides is 1. The average Bonchev–Trinajstić information content (AvgIpc) is 3.26. The van der Waals surface area contributed by atoms with Crippen LogP contribution in [0.4, 0.5) is 0 Å². The summed E-state index contributed by atoms with van der Waals surface area (Å²) >= 11 is 0. The first-order chi connectivity index (χ1) is 19.3. The number of benzene rings is 4. The van der Waals surface area contributed by atoms with E-state index in [9.17, 15) is 9.90 Å². The number of hydrogen-bond donors (Lipinski definition) is 3. The molecule has 1 amide bonds. The van der Waals surface area contributed by atoms with Crippen LogP contribution in [0.2, 0.25) is 0 Å². The Kier molecular flexibility index (Phi) is 8.49. The van der Waals surface area contributed by atoms with Crippen LogP contribution in [0.15, 0.2) is 103 Å². The van der Waals surface area contributed by atoms with E-state index in [1.165, 1.54) is 33.4 Å². The summed E-state index contributed by atoms with van der Waals surface area (Å²) in [5.74, 6) is -0.0367. The number of carbonyl (C=O) groups excluding carboxylic acids is 1. The Morgan fingerprint density at radius 3 is 1.95 bits per heavy atom. The van der Waals surface area contributed by atoms with Crippen LogP contribution in [0.5, 0.6) is 0 Å². The van der Waals surface area contributed by atoms with Crippen LogP contribution < -0.4 is 10.6 Å². The molecular weight excluding hydrogens is 492 g/mol. The predicted octanol–water partition coefficient (Wildman–Crippen LogP) is 6.36. The second-order valence-corrected chi connectivity index (χ2v) is 11.9. The van der Waals surface area contributed by atoms with Crippen molar-refractivity contribution in [1.82, 2.24) is 10.6 Å². The van der Waals surface area contributed by atoms with E-state index < -0.39 is 12.1 Å². The number of nitrogens with one attached hydrogen (secondary N) is 2. The van der Waals surface area contributed by atoms with E-state index in [-0.39, 0.29) is 17.2 Å². The van der Waals surface area contributed by atoms with Gasteiger partial charge in [0.1, 0.15) is 0 Å². The third kappa shape index (κ3) is 6.52. The van der Waals surface area contributed by atoms with Crippen LogP contribution in [-0.4, -0.2) is 29.7 Å². The van der Waals surface area contributed by atoms with Gasteiger partial charge in [-0.05, 0) is 50.8 Å². The quantitative estimate of drug-likeness (QED) is 0.223. The highest BCUT2D eigenvalue weighted by Crippen LogP contribution is 2.46. The lowest BCUT2D eigenvalue weighted by Crippen LogP contribution is -2.48. The molecule has 206 valence electrons. The number of hydrogen-bond acceptors (Lipinski definition) is 3. The maximum Gasteiger partial charge on any atom is 0.221 e. The van der Waals surface area contributed by atoms with Gasteiger partial charge < -0.3 is 15.7 Å². The molecule has 0 bridgehead atoms. The first-order valence-electron chi connectivity index (χ1n) is 14.3. The van der Waals surface area contributed by atoms with Crippen molar-refractivity contribution in [1.29, 1.82) is 0 Å². The molecule has 0 saturated heterocycles. The summed E-state index contributed by atoms with van der Waals surface area (Å²) in [6.07, 6.45) is 0.175. The molecule has 4 nitrogen and oxygen atoms in total. The molecule has 0 aliphatic heterocycles. The molecule has 2 atom stereocenters. The largest absolute Gasteiger partial charge is 0.390 e. The van der Waals surface area contributed by atoms with Crippen molar-refractivity contribution in [3.8, 4) is 11.1 Å². The summed E-state index contributed by atoms with van der Waals surface area (Å²) < 4.78 is 0. The van der Waals surface area contributed by atoms with Crippen molar-refractivity contribution in [3.63, 3.8) is 0 Å². The first-order valence-corrected chi connectivity index (χ1v) is 14.3. The fraction of sp³-hybridized carbons (Fsp3) is 0.306. The second-order valence-electron chi connectivity index (χ2n) is 11.9. The highest BCUT2D eigenvalue weighted by atomic mass is 16.3. The molecule has 0 heterocycles. The Balaban J connectivity index is 1.25. The molecule has 0 aromatic heterocycles. The van der Waals surface area contributed by atoms with Gasteiger partial charge in [0.25, 0.3) is 0 Å². The lowest BCUT2D eigenvalue weighted by Gasteiger charge is -2.26. The van der Waals surface area contributed by atoms with Gasteiger partial charge in [0.05, 0.1) is 12.1 Å². The van der Waals surface area contributed by atoms with Crippen molar-refractivity contribution in [2.24, 2.45) is 0 Å². The maximum atomic E-state index is 13.5. The molecule has 4 aromatic rings. The molecule has 0 spiro atoms. The molecule has 5 rings (SSSR count). The van der Waals surface area contributed by atoms with Crippen molar-refractivity contribution < 1.29 is 9.90 Å². The summed E-state index contributed by atoms with van der Waals surface area (Å²) in [5, 5.41) is 17.8.